The number of aromatic nitrogens is 2. The summed E-state index contributed by atoms with van der Waals surface area (Å²) in [4.78, 5) is 29.9. The van der Waals surface area contributed by atoms with Gasteiger partial charge in [-0.15, -0.1) is 5.17 Å². The van der Waals surface area contributed by atoms with E-state index < -0.39 is 12.0 Å². The highest BCUT2D eigenvalue weighted by Crippen LogP contribution is 2.26. The van der Waals surface area contributed by atoms with Crippen LogP contribution in [0.5, 0.6) is 0 Å². The summed E-state index contributed by atoms with van der Waals surface area (Å²) < 4.78 is 1.84. The quantitative estimate of drug-likeness (QED) is 0.662. The first-order valence-corrected chi connectivity index (χ1v) is 8.78. The lowest BCUT2D eigenvalue weighted by molar-refractivity contribution is -0.128. The van der Waals surface area contributed by atoms with E-state index in [1.165, 1.54) is 20.0 Å². The van der Waals surface area contributed by atoms with Gasteiger partial charge in [-0.2, -0.15) is 5.10 Å². The van der Waals surface area contributed by atoms with Gasteiger partial charge in [0.25, 0.3) is 5.56 Å². The number of aliphatic hydroxyl groups excluding tert-OH is 1. The fraction of sp³-hybridized carbons (Fsp3) is 0.312. The predicted octanol–water partition coefficient (Wildman–Crippen LogP) is 2.29. The number of benzene rings is 1. The van der Waals surface area contributed by atoms with Crippen molar-refractivity contribution in [3.8, 4) is 0 Å². The Morgan fingerprint density at radius 1 is 1.50 bits per heavy atom. The van der Waals surface area contributed by atoms with Crippen molar-refractivity contribution in [3.05, 3.63) is 55.4 Å². The minimum absolute atomic E-state index is 0.00377. The Morgan fingerprint density at radius 2 is 2.19 bits per heavy atom. The molecule has 0 saturated carbocycles. The number of carbonyl (C=O) groups excluding carboxylic acids is 1. The summed E-state index contributed by atoms with van der Waals surface area (Å²) in [6, 6.07) is 6.40. The van der Waals surface area contributed by atoms with Gasteiger partial charge >= 0.3 is 5.91 Å². The molecule has 1 atom stereocenters. The number of anilines is 1. The maximum absolute atomic E-state index is 12.8. The average Bonchev–Trinajstić information content (AvgIpc) is 2.57. The van der Waals surface area contributed by atoms with Crippen LogP contribution in [0.3, 0.4) is 0 Å². The molecule has 2 rings (SSSR count). The second-order valence-corrected chi connectivity index (χ2v) is 6.94. The number of hydrazine groups is 1. The summed E-state index contributed by atoms with van der Waals surface area (Å²) in [7, 11) is 1.45. The highest BCUT2D eigenvalue weighted by atomic mass is 79.9. The number of nitrogens with zero attached hydrogens (tertiary/aromatic N) is 3. The molecule has 0 spiro atoms. The standard InChI is InChI=1S/C16H18BrClN4O4/c1-9-6-14(19-21(3)15(9)24)16(25)22(26-8-10(2)23)20-13-5-4-11(17)7-12(13)18/h4-7,10,20,23H,8H2,1-3H3/t10-/m0/s1. The number of rotatable bonds is 6. The maximum Gasteiger partial charge on any atom is 0.317 e. The van der Waals surface area contributed by atoms with Gasteiger partial charge in [0.15, 0.2) is 5.69 Å². The van der Waals surface area contributed by atoms with E-state index in [4.69, 9.17) is 16.4 Å². The normalized spacial score (nSPS) is 11.9. The van der Waals surface area contributed by atoms with Crippen LogP contribution in [-0.4, -0.2) is 38.7 Å². The minimum atomic E-state index is -0.803. The number of hydroxylamine groups is 1. The van der Waals surface area contributed by atoms with Gasteiger partial charge in [0.1, 0.15) is 6.61 Å². The molecular weight excluding hydrogens is 428 g/mol. The lowest BCUT2D eigenvalue weighted by Crippen LogP contribution is -2.39. The fourth-order valence-electron chi connectivity index (χ4n) is 1.98. The molecule has 0 fully saturated rings. The van der Waals surface area contributed by atoms with E-state index in [0.717, 1.165) is 14.3 Å². The average molecular weight is 446 g/mol. The summed E-state index contributed by atoms with van der Waals surface area (Å²) in [6.45, 7) is 2.96. The van der Waals surface area contributed by atoms with Crippen LogP contribution in [-0.2, 0) is 11.9 Å². The largest absolute Gasteiger partial charge is 0.391 e. The number of hydrogen-bond donors (Lipinski definition) is 2. The second kappa shape index (κ2) is 8.63. The number of carbonyl (C=O) groups is 1. The summed E-state index contributed by atoms with van der Waals surface area (Å²) in [5, 5.41) is 14.6. The fourth-order valence-corrected chi connectivity index (χ4v) is 2.70. The van der Waals surface area contributed by atoms with Gasteiger partial charge in [-0.1, -0.05) is 27.5 Å². The number of hydrogen-bond acceptors (Lipinski definition) is 6. The maximum atomic E-state index is 12.8. The van der Waals surface area contributed by atoms with Gasteiger partial charge in [-0.25, -0.2) is 9.52 Å². The SMILES string of the molecule is Cc1cc(C(=O)N(Nc2ccc(Br)cc2Cl)OC[C@H](C)O)nn(C)c1=O. The first-order chi connectivity index (χ1) is 12.2. The molecule has 2 N–H and O–H groups in total. The molecule has 1 amide bonds. The zero-order valence-corrected chi connectivity index (χ0v) is 16.7. The molecule has 0 bridgehead atoms. The summed E-state index contributed by atoms with van der Waals surface area (Å²) in [6.07, 6.45) is -0.803. The first kappa shape index (κ1) is 20.4. The minimum Gasteiger partial charge on any atom is -0.391 e. The molecule has 8 nitrogen and oxygen atoms in total. The van der Waals surface area contributed by atoms with Crippen molar-refractivity contribution in [1.82, 2.24) is 15.0 Å². The Balaban J connectivity index is 2.34. The Bertz CT molecular complexity index is 846. The van der Waals surface area contributed by atoms with Crippen molar-refractivity contribution in [1.29, 1.82) is 0 Å². The Morgan fingerprint density at radius 3 is 2.77 bits per heavy atom. The lowest BCUT2D eigenvalue weighted by Gasteiger charge is -2.24. The molecule has 2 aromatic rings. The van der Waals surface area contributed by atoms with Gasteiger partial charge in [0, 0.05) is 17.1 Å². The molecule has 10 heteroatoms. The molecule has 0 radical (unpaired) electrons. The van der Waals surface area contributed by atoms with E-state index in [9.17, 15) is 14.7 Å². The third-order valence-electron chi connectivity index (χ3n) is 3.24. The molecule has 1 aromatic carbocycles. The van der Waals surface area contributed by atoms with E-state index in [1.807, 2.05) is 0 Å². The Hall–Kier alpha value is -1.94. The molecule has 0 unspecified atom stereocenters. The van der Waals surface area contributed by atoms with Crippen LogP contribution in [0.1, 0.15) is 23.0 Å². The van der Waals surface area contributed by atoms with Crippen LogP contribution >= 0.6 is 27.5 Å². The Labute approximate surface area is 163 Å². The van der Waals surface area contributed by atoms with E-state index in [1.54, 1.807) is 25.1 Å². The van der Waals surface area contributed by atoms with Gasteiger partial charge in [-0.05, 0) is 38.1 Å². The van der Waals surface area contributed by atoms with E-state index in [2.05, 4.69) is 26.5 Å². The highest BCUT2D eigenvalue weighted by Gasteiger charge is 2.22. The molecular formula is C16H18BrClN4O4. The number of amides is 1. The van der Waals surface area contributed by atoms with Crippen molar-refractivity contribution in [3.63, 3.8) is 0 Å². The number of nitrogens with one attached hydrogen (secondary N) is 1. The summed E-state index contributed by atoms with van der Waals surface area (Å²) in [5.74, 6) is -0.650. The third kappa shape index (κ3) is 5.04. The second-order valence-electron chi connectivity index (χ2n) is 5.62. The van der Waals surface area contributed by atoms with Crippen LogP contribution in [0, 0.1) is 6.92 Å². The zero-order chi connectivity index (χ0) is 19.4. The van der Waals surface area contributed by atoms with E-state index >= 15 is 0 Å². The van der Waals surface area contributed by atoms with Crippen molar-refractivity contribution in [2.45, 2.75) is 20.0 Å². The number of halogens is 2. The third-order valence-corrected chi connectivity index (χ3v) is 4.05. The van der Waals surface area contributed by atoms with Crippen LogP contribution in [0.4, 0.5) is 5.69 Å². The molecule has 0 aliphatic rings. The monoisotopic (exact) mass is 444 g/mol. The van der Waals surface area contributed by atoms with Crippen molar-refractivity contribution in [2.24, 2.45) is 7.05 Å². The topological polar surface area (TPSA) is 96.7 Å². The van der Waals surface area contributed by atoms with Crippen LogP contribution < -0.4 is 11.0 Å². The molecule has 0 aliphatic carbocycles. The van der Waals surface area contributed by atoms with E-state index in [-0.39, 0.29) is 17.9 Å². The molecule has 1 aromatic heterocycles. The van der Waals surface area contributed by atoms with Gasteiger partial charge < -0.3 is 5.11 Å². The van der Waals surface area contributed by atoms with Gasteiger partial charge in [0.2, 0.25) is 0 Å². The number of aryl methyl sites for hydroxylation is 2. The van der Waals surface area contributed by atoms with E-state index in [0.29, 0.717) is 16.3 Å². The van der Waals surface area contributed by atoms with Crippen molar-refractivity contribution >= 4 is 39.1 Å². The van der Waals surface area contributed by atoms with Crippen LogP contribution in [0.15, 0.2) is 33.5 Å². The first-order valence-electron chi connectivity index (χ1n) is 7.61. The predicted molar refractivity (Wildman–Crippen MR) is 101 cm³/mol. The van der Waals surface area contributed by atoms with Crippen LogP contribution in [0.2, 0.25) is 5.02 Å². The van der Waals surface area contributed by atoms with Crippen molar-refractivity contribution < 1.29 is 14.7 Å². The molecule has 1 heterocycles. The summed E-state index contributed by atoms with van der Waals surface area (Å²) in [5.41, 5.74) is 3.22. The highest BCUT2D eigenvalue weighted by molar-refractivity contribution is 9.10. The van der Waals surface area contributed by atoms with Crippen molar-refractivity contribution in [2.75, 3.05) is 12.0 Å². The molecule has 140 valence electrons. The lowest BCUT2D eigenvalue weighted by atomic mass is 10.2. The molecule has 0 saturated heterocycles. The molecule has 26 heavy (non-hydrogen) atoms. The Kier molecular flexibility index (Phi) is 6.76. The molecule has 0 aliphatic heterocycles. The van der Waals surface area contributed by atoms with Gasteiger partial charge in [-0.3, -0.25) is 15.0 Å². The number of aliphatic hydroxyl groups is 1. The van der Waals surface area contributed by atoms with Gasteiger partial charge in [0.05, 0.1) is 16.8 Å². The van der Waals surface area contributed by atoms with Crippen LogP contribution in [0.25, 0.3) is 0 Å². The zero-order valence-electron chi connectivity index (χ0n) is 14.4. The summed E-state index contributed by atoms with van der Waals surface area (Å²) >= 11 is 9.46. The smallest absolute Gasteiger partial charge is 0.317 e.